The van der Waals surface area contributed by atoms with Crippen LogP contribution in [0.2, 0.25) is 0 Å². The lowest BCUT2D eigenvalue weighted by atomic mass is 9.76. The Kier molecular flexibility index (Phi) is 4.55. The summed E-state index contributed by atoms with van der Waals surface area (Å²) >= 11 is 0. The maximum Gasteiger partial charge on any atom is 0.230 e. The van der Waals surface area contributed by atoms with Crippen molar-refractivity contribution in [1.82, 2.24) is 19.6 Å². The average molecular weight is 421 g/mol. The number of likely N-dealkylation sites (tertiary alicyclic amines) is 1. The summed E-state index contributed by atoms with van der Waals surface area (Å²) in [6.07, 6.45) is 7.29. The number of aryl methyl sites for hydroxylation is 3. The van der Waals surface area contributed by atoms with Crippen molar-refractivity contribution in [3.63, 3.8) is 0 Å². The molecule has 4 heterocycles. The first-order valence-electron chi connectivity index (χ1n) is 10.7. The van der Waals surface area contributed by atoms with Gasteiger partial charge >= 0.3 is 0 Å². The zero-order valence-corrected chi connectivity index (χ0v) is 18.4. The molecule has 31 heavy (non-hydrogen) atoms. The van der Waals surface area contributed by atoms with Gasteiger partial charge in [-0.1, -0.05) is 30.4 Å². The Balaban J connectivity index is 1.35. The third kappa shape index (κ3) is 3.19. The third-order valence-electron chi connectivity index (χ3n) is 6.96. The molecule has 162 valence electrons. The molecule has 5 rings (SSSR count). The largest absolute Gasteiger partial charge is 0.360 e. The molecule has 1 spiro atoms. The minimum absolute atomic E-state index is 0.0122. The molecule has 2 saturated heterocycles. The van der Waals surface area contributed by atoms with Crippen LogP contribution in [-0.4, -0.2) is 56.7 Å². The number of hydrogen-bond acceptors (Lipinski definition) is 4. The molecule has 2 bridgehead atoms. The van der Waals surface area contributed by atoms with E-state index in [-0.39, 0.29) is 17.9 Å². The van der Waals surface area contributed by atoms with Crippen molar-refractivity contribution >= 4 is 11.8 Å². The van der Waals surface area contributed by atoms with E-state index in [0.717, 1.165) is 11.1 Å². The van der Waals surface area contributed by atoms with Gasteiger partial charge in [-0.2, -0.15) is 5.10 Å². The summed E-state index contributed by atoms with van der Waals surface area (Å²) in [5.74, 6) is -0.980. The minimum atomic E-state index is -0.684. The fourth-order valence-corrected chi connectivity index (χ4v) is 5.28. The van der Waals surface area contributed by atoms with Crippen molar-refractivity contribution < 1.29 is 14.3 Å². The number of aromatic nitrogens is 2. The average Bonchev–Trinajstić information content (AvgIpc) is 3.46. The first-order valence-corrected chi connectivity index (χ1v) is 10.7. The summed E-state index contributed by atoms with van der Waals surface area (Å²) in [5, 5.41) is 4.17. The van der Waals surface area contributed by atoms with Crippen LogP contribution in [0.4, 0.5) is 0 Å². The van der Waals surface area contributed by atoms with Crippen molar-refractivity contribution in [2.75, 3.05) is 13.6 Å². The molecule has 0 aliphatic carbocycles. The number of amides is 2. The van der Waals surface area contributed by atoms with Crippen LogP contribution in [0.1, 0.15) is 22.3 Å². The highest BCUT2D eigenvalue weighted by molar-refractivity contribution is 5.93. The van der Waals surface area contributed by atoms with Gasteiger partial charge in [-0.05, 0) is 30.5 Å². The molecule has 0 N–H and O–H groups in total. The molecule has 7 heteroatoms. The lowest BCUT2D eigenvalue weighted by molar-refractivity contribution is -0.142. The van der Waals surface area contributed by atoms with Gasteiger partial charge in [-0.25, -0.2) is 0 Å². The molecule has 4 atom stereocenters. The topological polar surface area (TPSA) is 67.7 Å². The van der Waals surface area contributed by atoms with Gasteiger partial charge in [0.05, 0.1) is 30.7 Å². The molecule has 2 aromatic rings. The van der Waals surface area contributed by atoms with Crippen LogP contribution in [0, 0.1) is 25.7 Å². The molecular weight excluding hydrogens is 392 g/mol. The molecule has 3 aliphatic rings. The summed E-state index contributed by atoms with van der Waals surface area (Å²) in [6, 6.07) is 6.29. The summed E-state index contributed by atoms with van der Waals surface area (Å²) in [4.78, 5) is 30.4. The zero-order valence-electron chi connectivity index (χ0n) is 18.4. The summed E-state index contributed by atoms with van der Waals surface area (Å²) in [7, 11) is 3.63. The van der Waals surface area contributed by atoms with Gasteiger partial charge < -0.3 is 14.5 Å². The Hall–Kier alpha value is -2.93. The van der Waals surface area contributed by atoms with E-state index in [9.17, 15) is 9.59 Å². The molecule has 7 nitrogen and oxygen atoms in total. The summed E-state index contributed by atoms with van der Waals surface area (Å²) in [5.41, 5.74) is 3.82. The van der Waals surface area contributed by atoms with Crippen molar-refractivity contribution in [3.05, 3.63) is 65.0 Å². The van der Waals surface area contributed by atoms with E-state index in [0.29, 0.717) is 19.6 Å². The molecule has 2 amide bonds. The fourth-order valence-electron chi connectivity index (χ4n) is 5.28. The number of rotatable bonds is 5. The Morgan fingerprint density at radius 1 is 1.29 bits per heavy atom. The maximum atomic E-state index is 13.5. The first kappa shape index (κ1) is 20.0. The van der Waals surface area contributed by atoms with E-state index < -0.39 is 17.4 Å². The quantitative estimate of drug-likeness (QED) is 0.694. The highest BCUT2D eigenvalue weighted by Crippen LogP contribution is 2.52. The maximum absolute atomic E-state index is 13.5. The van der Waals surface area contributed by atoms with E-state index in [1.54, 1.807) is 22.8 Å². The van der Waals surface area contributed by atoms with Gasteiger partial charge in [-0.15, -0.1) is 0 Å². The van der Waals surface area contributed by atoms with Gasteiger partial charge in [0.15, 0.2) is 0 Å². The SMILES string of the molecule is Cc1ccc(CN2C[C@]34C=C[C@H](O3)[C@@H](C(=O)N(C)Cc3cnn(C)c3)[C@H]4C2=O)cc1C. The molecule has 0 radical (unpaired) electrons. The van der Waals surface area contributed by atoms with Crippen LogP contribution in [0.25, 0.3) is 0 Å². The molecule has 0 saturated carbocycles. The summed E-state index contributed by atoms with van der Waals surface area (Å²) < 4.78 is 7.99. The Labute approximate surface area is 182 Å². The second-order valence-electron chi connectivity index (χ2n) is 9.23. The van der Waals surface area contributed by atoms with Crippen molar-refractivity contribution in [1.29, 1.82) is 0 Å². The van der Waals surface area contributed by atoms with Crippen molar-refractivity contribution in [2.45, 2.75) is 38.6 Å². The zero-order chi connectivity index (χ0) is 21.9. The number of carbonyl (C=O) groups is 2. The van der Waals surface area contributed by atoms with Crippen molar-refractivity contribution in [3.8, 4) is 0 Å². The van der Waals surface area contributed by atoms with Gasteiger partial charge in [0.1, 0.15) is 5.60 Å². The Bertz CT molecular complexity index is 1090. The van der Waals surface area contributed by atoms with Crippen LogP contribution in [-0.2, 0) is 34.5 Å². The number of nitrogens with zero attached hydrogens (tertiary/aromatic N) is 4. The standard InChI is InChI=1S/C24H28N4O3/c1-15-5-6-17(9-16(15)2)13-28-14-24-8-7-19(31-24)20(21(24)23(28)30)22(29)26(3)11-18-10-25-27(4)12-18/h5-10,12,19-21H,11,13-14H2,1-4H3/t19-,20+,21-,24-/m0/s1. The molecular formula is C24H28N4O3. The van der Waals surface area contributed by atoms with E-state index in [1.807, 2.05) is 30.3 Å². The monoisotopic (exact) mass is 420 g/mol. The fraction of sp³-hybridized carbons (Fsp3) is 0.458. The van der Waals surface area contributed by atoms with E-state index in [2.05, 4.69) is 37.1 Å². The second kappa shape index (κ2) is 7.05. The second-order valence-corrected chi connectivity index (χ2v) is 9.23. The predicted octanol–water partition coefficient (Wildman–Crippen LogP) is 1.98. The molecule has 2 fully saturated rings. The lowest BCUT2D eigenvalue weighted by Crippen LogP contribution is -2.44. The van der Waals surface area contributed by atoms with Crippen LogP contribution in [0.5, 0.6) is 0 Å². The van der Waals surface area contributed by atoms with Crippen molar-refractivity contribution in [2.24, 2.45) is 18.9 Å². The van der Waals surface area contributed by atoms with Crippen LogP contribution in [0.3, 0.4) is 0 Å². The number of carbonyl (C=O) groups excluding carboxylic acids is 2. The van der Waals surface area contributed by atoms with Crippen LogP contribution >= 0.6 is 0 Å². The Morgan fingerprint density at radius 3 is 2.81 bits per heavy atom. The third-order valence-corrected chi connectivity index (χ3v) is 6.96. The molecule has 1 aromatic carbocycles. The molecule has 0 unspecified atom stereocenters. The van der Waals surface area contributed by atoms with Gasteiger partial charge in [0.2, 0.25) is 11.8 Å². The molecule has 1 aromatic heterocycles. The predicted molar refractivity (Wildman–Crippen MR) is 115 cm³/mol. The van der Waals surface area contributed by atoms with Crippen LogP contribution in [0.15, 0.2) is 42.7 Å². The lowest BCUT2D eigenvalue weighted by Gasteiger charge is -2.27. The molecule has 3 aliphatic heterocycles. The number of fused-ring (bicyclic) bond motifs is 1. The highest BCUT2D eigenvalue weighted by Gasteiger charge is 2.67. The van der Waals surface area contributed by atoms with Gasteiger partial charge in [0, 0.05) is 38.9 Å². The first-order chi connectivity index (χ1) is 14.8. The number of benzene rings is 1. The van der Waals surface area contributed by atoms with E-state index >= 15 is 0 Å². The Morgan fingerprint density at radius 2 is 2.10 bits per heavy atom. The number of ether oxygens (including phenoxy) is 1. The van der Waals surface area contributed by atoms with E-state index in [1.165, 1.54) is 11.1 Å². The van der Waals surface area contributed by atoms with Gasteiger partial charge in [0.25, 0.3) is 0 Å². The minimum Gasteiger partial charge on any atom is -0.360 e. The number of hydrogen-bond donors (Lipinski definition) is 0. The highest BCUT2D eigenvalue weighted by atomic mass is 16.5. The normalized spacial score (nSPS) is 28.5. The smallest absolute Gasteiger partial charge is 0.230 e. The van der Waals surface area contributed by atoms with Crippen LogP contribution < -0.4 is 0 Å². The van der Waals surface area contributed by atoms with E-state index in [4.69, 9.17) is 4.74 Å². The van der Waals surface area contributed by atoms with Gasteiger partial charge in [-0.3, -0.25) is 14.3 Å². The summed E-state index contributed by atoms with van der Waals surface area (Å²) in [6.45, 7) is 5.65.